The van der Waals surface area contributed by atoms with E-state index in [0.717, 1.165) is 60.6 Å². The van der Waals surface area contributed by atoms with Crippen LogP contribution in [0, 0.1) is 0 Å². The molecule has 4 nitrogen and oxygen atoms in total. The van der Waals surface area contributed by atoms with Gasteiger partial charge in [-0.3, -0.25) is 4.98 Å². The van der Waals surface area contributed by atoms with E-state index in [1.165, 1.54) is 66.1 Å². The first-order valence-electron chi connectivity index (χ1n) is 21.8. The van der Waals surface area contributed by atoms with Crippen molar-refractivity contribution in [3.63, 3.8) is 0 Å². The Labute approximate surface area is 368 Å². The van der Waals surface area contributed by atoms with Crippen molar-refractivity contribution in [2.75, 3.05) is 0 Å². The van der Waals surface area contributed by atoms with Crippen molar-refractivity contribution in [2.24, 2.45) is 0 Å². The van der Waals surface area contributed by atoms with E-state index in [4.69, 9.17) is 19.9 Å². The first-order valence-corrected chi connectivity index (χ1v) is 21.8. The van der Waals surface area contributed by atoms with Crippen LogP contribution in [0.1, 0.15) is 0 Å². The highest BCUT2D eigenvalue weighted by molar-refractivity contribution is 6.20. The van der Waals surface area contributed by atoms with E-state index < -0.39 is 0 Å². The van der Waals surface area contributed by atoms with Gasteiger partial charge in [0.25, 0.3) is 0 Å². The second kappa shape index (κ2) is 13.4. The molecule has 0 radical (unpaired) electrons. The van der Waals surface area contributed by atoms with Crippen LogP contribution in [0.3, 0.4) is 0 Å². The topological polar surface area (TPSA) is 51.6 Å². The SMILES string of the molecule is c1ccc(-c2nc(-c3cc(-c4ccc5c6c(cccc46)-c4ccccc4-5)cc(-c4ccc5c6c(cccc46)-c4ccccc4-5)c3)nc(-c3c4ccccc4cc4cccnc34)n2)cc1. The predicted octanol–water partition coefficient (Wildman–Crippen LogP) is 15.5. The van der Waals surface area contributed by atoms with Gasteiger partial charge in [-0.2, -0.15) is 0 Å². The third-order valence-electron chi connectivity index (χ3n) is 13.4. The number of rotatable bonds is 5. The van der Waals surface area contributed by atoms with Gasteiger partial charge in [-0.1, -0.05) is 170 Å². The highest BCUT2D eigenvalue weighted by Crippen LogP contribution is 2.52. The number of fused-ring (bicyclic) bond motifs is 8. The van der Waals surface area contributed by atoms with Crippen LogP contribution in [0.25, 0.3) is 144 Å². The quantitative estimate of drug-likeness (QED) is 0.163. The van der Waals surface area contributed by atoms with Gasteiger partial charge in [-0.05, 0) is 129 Å². The summed E-state index contributed by atoms with van der Waals surface area (Å²) in [5, 5.41) is 8.21. The second-order valence-electron chi connectivity index (χ2n) is 16.9. The lowest BCUT2D eigenvalue weighted by Crippen LogP contribution is -2.02. The van der Waals surface area contributed by atoms with Crippen LogP contribution < -0.4 is 0 Å². The number of hydrogen-bond acceptors (Lipinski definition) is 4. The molecular formula is C60H34N4. The van der Waals surface area contributed by atoms with Crippen LogP contribution in [-0.2, 0) is 0 Å². The van der Waals surface area contributed by atoms with E-state index in [0.29, 0.717) is 17.5 Å². The van der Waals surface area contributed by atoms with Crippen molar-refractivity contribution in [2.45, 2.75) is 0 Å². The summed E-state index contributed by atoms with van der Waals surface area (Å²) < 4.78 is 0. The Morgan fingerprint density at radius 3 is 1.34 bits per heavy atom. The van der Waals surface area contributed by atoms with Gasteiger partial charge >= 0.3 is 0 Å². The van der Waals surface area contributed by atoms with E-state index >= 15 is 0 Å². The number of benzene rings is 10. The Balaban J connectivity index is 1.06. The van der Waals surface area contributed by atoms with E-state index in [9.17, 15) is 0 Å². The highest BCUT2D eigenvalue weighted by Gasteiger charge is 2.26. The lowest BCUT2D eigenvalue weighted by Gasteiger charge is -2.16. The van der Waals surface area contributed by atoms with Gasteiger partial charge in [0, 0.05) is 22.7 Å². The lowest BCUT2D eigenvalue weighted by molar-refractivity contribution is 1.08. The van der Waals surface area contributed by atoms with E-state index in [1.807, 2.05) is 30.5 Å². The first kappa shape index (κ1) is 35.0. The van der Waals surface area contributed by atoms with E-state index in [-0.39, 0.29) is 0 Å². The second-order valence-corrected chi connectivity index (χ2v) is 16.9. The van der Waals surface area contributed by atoms with Crippen molar-refractivity contribution in [3.05, 3.63) is 206 Å². The van der Waals surface area contributed by atoms with E-state index in [1.54, 1.807) is 0 Å². The molecule has 2 heterocycles. The average Bonchev–Trinajstić information content (AvgIpc) is 3.87. The van der Waals surface area contributed by atoms with Crippen LogP contribution in [-0.4, -0.2) is 19.9 Å². The summed E-state index contributed by atoms with van der Waals surface area (Å²) in [6.45, 7) is 0. The summed E-state index contributed by atoms with van der Waals surface area (Å²) in [5.74, 6) is 1.79. The fraction of sp³-hybridized carbons (Fsp3) is 0. The third-order valence-corrected chi connectivity index (χ3v) is 13.4. The highest BCUT2D eigenvalue weighted by atomic mass is 15.0. The van der Waals surface area contributed by atoms with Crippen molar-refractivity contribution >= 4 is 43.2 Å². The molecule has 2 aromatic heterocycles. The maximum absolute atomic E-state index is 5.46. The molecule has 0 atom stereocenters. The zero-order valence-electron chi connectivity index (χ0n) is 34.4. The molecule has 4 heteroatoms. The average molecular weight is 811 g/mol. The standard InChI is InChI=1S/C60H34N4/c1-2-13-35(14-3-1)58-62-59(64-60(63-58)56-43-17-5-4-15-36(43)31-37-16-12-30-61-57(37)56)40-33-38(41-26-28-52-46-20-8-6-18-44(46)50-24-10-22-48(41)54(50)52)32-39(34-40)42-27-29-53-47-21-9-7-19-45(47)51-25-11-23-49(42)55(51)53/h1-34H. The zero-order valence-corrected chi connectivity index (χ0v) is 34.4. The molecular weight excluding hydrogens is 777 g/mol. The molecule has 2 aliphatic carbocycles. The van der Waals surface area contributed by atoms with Gasteiger partial charge in [0.05, 0.1) is 11.1 Å². The number of aromatic nitrogens is 4. The van der Waals surface area contributed by atoms with Crippen molar-refractivity contribution < 1.29 is 0 Å². The van der Waals surface area contributed by atoms with Crippen LogP contribution in [0.4, 0.5) is 0 Å². The molecule has 294 valence electrons. The molecule has 0 amide bonds. The van der Waals surface area contributed by atoms with Crippen LogP contribution >= 0.6 is 0 Å². The monoisotopic (exact) mass is 810 g/mol. The maximum Gasteiger partial charge on any atom is 0.166 e. The molecule has 12 aromatic rings. The van der Waals surface area contributed by atoms with E-state index in [2.05, 4.69) is 176 Å². The molecule has 0 unspecified atom stereocenters. The van der Waals surface area contributed by atoms with Gasteiger partial charge in [-0.15, -0.1) is 0 Å². The number of nitrogens with zero attached hydrogens (tertiary/aromatic N) is 4. The summed E-state index contributed by atoms with van der Waals surface area (Å²) in [7, 11) is 0. The minimum Gasteiger partial charge on any atom is -0.255 e. The van der Waals surface area contributed by atoms with Gasteiger partial charge in [0.15, 0.2) is 17.5 Å². The molecule has 0 saturated heterocycles. The Morgan fingerprint density at radius 2 is 0.719 bits per heavy atom. The largest absolute Gasteiger partial charge is 0.255 e. The fourth-order valence-corrected chi connectivity index (χ4v) is 10.6. The zero-order chi connectivity index (χ0) is 41.9. The first-order chi connectivity index (χ1) is 31.7. The normalized spacial score (nSPS) is 12.1. The van der Waals surface area contributed by atoms with Gasteiger partial charge in [-0.25, -0.2) is 15.0 Å². The molecule has 0 spiro atoms. The van der Waals surface area contributed by atoms with Gasteiger partial charge < -0.3 is 0 Å². The summed E-state index contributed by atoms with van der Waals surface area (Å²) in [4.78, 5) is 21.0. The van der Waals surface area contributed by atoms with Crippen molar-refractivity contribution in [1.82, 2.24) is 19.9 Å². The van der Waals surface area contributed by atoms with Crippen LogP contribution in [0.15, 0.2) is 206 Å². The van der Waals surface area contributed by atoms with Crippen molar-refractivity contribution in [3.8, 4) is 101 Å². The maximum atomic E-state index is 5.46. The Morgan fingerprint density at radius 1 is 0.266 bits per heavy atom. The molecule has 64 heavy (non-hydrogen) atoms. The van der Waals surface area contributed by atoms with Crippen molar-refractivity contribution in [1.29, 1.82) is 0 Å². The van der Waals surface area contributed by atoms with Crippen LogP contribution in [0.5, 0.6) is 0 Å². The molecule has 2 aliphatic rings. The fourth-order valence-electron chi connectivity index (χ4n) is 10.6. The van der Waals surface area contributed by atoms with Crippen LogP contribution in [0.2, 0.25) is 0 Å². The minimum atomic E-state index is 0.586. The minimum absolute atomic E-state index is 0.586. The number of pyridine rings is 1. The third kappa shape index (κ3) is 5.11. The number of hydrogen-bond donors (Lipinski definition) is 0. The van der Waals surface area contributed by atoms with Gasteiger partial charge in [0.2, 0.25) is 0 Å². The summed E-state index contributed by atoms with van der Waals surface area (Å²) in [6, 6.07) is 72.1. The molecule has 0 saturated carbocycles. The molecule has 0 aliphatic heterocycles. The molecule has 0 bridgehead atoms. The smallest absolute Gasteiger partial charge is 0.166 e. The molecule has 14 rings (SSSR count). The van der Waals surface area contributed by atoms with Gasteiger partial charge in [0.1, 0.15) is 0 Å². The molecule has 0 N–H and O–H groups in total. The lowest BCUT2D eigenvalue weighted by atomic mass is 9.89. The predicted molar refractivity (Wildman–Crippen MR) is 264 cm³/mol. The summed E-state index contributed by atoms with van der Waals surface area (Å²) >= 11 is 0. The molecule has 0 fully saturated rings. The Bertz CT molecular complexity index is 3700. The summed E-state index contributed by atoms with van der Waals surface area (Å²) in [5.41, 5.74) is 18.3. The molecule has 10 aromatic carbocycles. The summed E-state index contributed by atoms with van der Waals surface area (Å²) in [6.07, 6.45) is 1.85. The Hall–Kier alpha value is -8.60. The Kier molecular flexibility index (Phi) is 7.36.